The molecule has 0 radical (unpaired) electrons. The summed E-state index contributed by atoms with van der Waals surface area (Å²) in [4.78, 5) is 8.51. The van der Waals surface area contributed by atoms with E-state index in [1.165, 1.54) is 6.33 Å². The third kappa shape index (κ3) is 2.82. The van der Waals surface area contributed by atoms with Crippen LogP contribution in [-0.2, 0) is 7.05 Å². The van der Waals surface area contributed by atoms with Gasteiger partial charge in [0, 0.05) is 12.6 Å². The molecule has 0 aliphatic rings. The molecule has 0 aliphatic carbocycles. The van der Waals surface area contributed by atoms with Gasteiger partial charge in [0.05, 0.1) is 9.09 Å². The highest BCUT2D eigenvalue weighted by atomic mass is 127. The maximum absolute atomic E-state index is 6.12. The molecule has 0 amide bonds. The molecule has 0 aliphatic heterocycles. The van der Waals surface area contributed by atoms with Gasteiger partial charge in [0.15, 0.2) is 0 Å². The van der Waals surface area contributed by atoms with Gasteiger partial charge in [0.2, 0.25) is 0 Å². The topological polar surface area (TPSA) is 66.0 Å². The molecule has 5 nitrogen and oxygen atoms in total. The lowest BCUT2D eigenvalue weighted by atomic mass is 10.1. The lowest BCUT2D eigenvalue weighted by Gasteiger charge is -2.07. The fourth-order valence-electron chi connectivity index (χ4n) is 2.83. The fourth-order valence-corrected chi connectivity index (χ4v) is 3.63. The van der Waals surface area contributed by atoms with Crippen molar-refractivity contribution in [2.24, 2.45) is 7.05 Å². The molecule has 0 spiro atoms. The van der Waals surface area contributed by atoms with E-state index < -0.39 is 0 Å². The third-order valence-corrected chi connectivity index (χ3v) is 5.31. The second-order valence-corrected chi connectivity index (χ2v) is 6.64. The minimum atomic E-state index is 0.489. The van der Waals surface area contributed by atoms with Crippen molar-refractivity contribution in [3.05, 3.63) is 64.6 Å². The number of para-hydroxylation sites is 1. The molecule has 4 rings (SSSR count). The lowest BCUT2D eigenvalue weighted by Crippen LogP contribution is -1.95. The highest BCUT2D eigenvalue weighted by Gasteiger charge is 2.18. The number of aromatic nitrogens is 3. The Hall–Kier alpha value is -2.61. The smallest absolute Gasteiger partial charge is 0.146 e. The third-order valence-electron chi connectivity index (χ3n) is 4.05. The summed E-state index contributed by atoms with van der Waals surface area (Å²) in [6.07, 6.45) is 1.49. The van der Waals surface area contributed by atoms with E-state index in [0.29, 0.717) is 5.82 Å². The molecule has 2 heterocycles. The molecule has 2 aromatic heterocycles. The molecular weight excluding hydrogens is 427 g/mol. The Balaban J connectivity index is 1.76. The first-order chi connectivity index (χ1) is 12.1. The molecule has 2 aromatic carbocycles. The van der Waals surface area contributed by atoms with E-state index in [4.69, 9.17) is 10.5 Å². The number of nitrogens with zero attached hydrogens (tertiary/aromatic N) is 3. The van der Waals surface area contributed by atoms with E-state index in [-0.39, 0.29) is 0 Å². The van der Waals surface area contributed by atoms with Crippen molar-refractivity contribution in [3.63, 3.8) is 0 Å². The van der Waals surface area contributed by atoms with Crippen molar-refractivity contribution in [1.29, 1.82) is 0 Å². The first kappa shape index (κ1) is 15.9. The molecule has 25 heavy (non-hydrogen) atoms. The molecule has 0 fully saturated rings. The zero-order valence-corrected chi connectivity index (χ0v) is 15.6. The molecule has 124 valence electrons. The van der Waals surface area contributed by atoms with E-state index >= 15 is 0 Å². The van der Waals surface area contributed by atoms with Crippen molar-refractivity contribution in [1.82, 2.24) is 14.5 Å². The number of nitrogens with two attached hydrogens (primary N) is 1. The lowest BCUT2D eigenvalue weighted by molar-refractivity contribution is 0.483. The maximum Gasteiger partial charge on any atom is 0.146 e. The Labute approximate surface area is 158 Å². The van der Waals surface area contributed by atoms with E-state index in [1.807, 2.05) is 66.2 Å². The predicted octanol–water partition coefficient (Wildman–Crippen LogP) is 4.61. The van der Waals surface area contributed by atoms with Gasteiger partial charge in [-0.3, -0.25) is 0 Å². The van der Waals surface area contributed by atoms with Crippen molar-refractivity contribution in [2.75, 3.05) is 5.73 Å². The van der Waals surface area contributed by atoms with Crippen LogP contribution >= 0.6 is 22.6 Å². The number of halogens is 1. The average Bonchev–Trinajstić information content (AvgIpc) is 2.89. The summed E-state index contributed by atoms with van der Waals surface area (Å²) in [5, 5.41) is 0.881. The number of hydrogen-bond acceptors (Lipinski definition) is 4. The van der Waals surface area contributed by atoms with E-state index in [0.717, 1.165) is 37.4 Å². The first-order valence-electron chi connectivity index (χ1n) is 7.73. The number of anilines is 1. The summed E-state index contributed by atoms with van der Waals surface area (Å²) in [6, 6.07) is 17.7. The van der Waals surface area contributed by atoms with Crippen LogP contribution < -0.4 is 10.5 Å². The fraction of sp³-hybridized carbons (Fsp3) is 0.0526. The molecule has 4 aromatic rings. The summed E-state index contributed by atoms with van der Waals surface area (Å²) in [5.41, 5.74) is 9.04. The molecule has 0 atom stereocenters. The standard InChI is InChI=1S/C19H15IN4O/c1-24-17(20)15(16-18(21)22-11-23-19(16)24)12-7-9-14(10-8-12)25-13-5-3-2-4-6-13/h2-11H,1H3,(H2,21,22,23). The van der Waals surface area contributed by atoms with Gasteiger partial charge in [0.1, 0.15) is 29.3 Å². The van der Waals surface area contributed by atoms with Crippen molar-refractivity contribution < 1.29 is 4.74 Å². The molecule has 0 saturated carbocycles. The predicted molar refractivity (Wildman–Crippen MR) is 108 cm³/mol. The van der Waals surface area contributed by atoms with Gasteiger partial charge in [-0.15, -0.1) is 0 Å². The molecule has 0 bridgehead atoms. The molecule has 6 heteroatoms. The molecule has 0 unspecified atom stereocenters. The highest BCUT2D eigenvalue weighted by Crippen LogP contribution is 2.37. The summed E-state index contributed by atoms with van der Waals surface area (Å²) >= 11 is 2.31. The monoisotopic (exact) mass is 442 g/mol. The Morgan fingerprint density at radius 2 is 1.64 bits per heavy atom. The minimum Gasteiger partial charge on any atom is -0.457 e. The zero-order chi connectivity index (χ0) is 17.4. The van der Waals surface area contributed by atoms with Gasteiger partial charge in [-0.25, -0.2) is 9.97 Å². The number of rotatable bonds is 3. The first-order valence-corrected chi connectivity index (χ1v) is 8.80. The van der Waals surface area contributed by atoms with Crippen LogP contribution in [-0.4, -0.2) is 14.5 Å². The second kappa shape index (κ2) is 6.36. The summed E-state index contributed by atoms with van der Waals surface area (Å²) < 4.78 is 8.95. The van der Waals surface area contributed by atoms with Crippen LogP contribution in [0.3, 0.4) is 0 Å². The number of nitrogen functional groups attached to an aromatic ring is 1. The van der Waals surface area contributed by atoms with Crippen LogP contribution in [0.1, 0.15) is 0 Å². The molecule has 0 saturated heterocycles. The normalized spacial score (nSPS) is 11.0. The van der Waals surface area contributed by atoms with Crippen molar-refractivity contribution >= 4 is 39.4 Å². The van der Waals surface area contributed by atoms with E-state index in [1.54, 1.807) is 0 Å². The van der Waals surface area contributed by atoms with E-state index in [9.17, 15) is 0 Å². The van der Waals surface area contributed by atoms with Gasteiger partial charge >= 0.3 is 0 Å². The van der Waals surface area contributed by atoms with Crippen molar-refractivity contribution in [3.8, 4) is 22.6 Å². The largest absolute Gasteiger partial charge is 0.457 e. The minimum absolute atomic E-state index is 0.489. The molecular formula is C19H15IN4O. The summed E-state index contributed by atoms with van der Waals surface area (Å²) in [6.45, 7) is 0. The Morgan fingerprint density at radius 3 is 2.36 bits per heavy atom. The Bertz CT molecular complexity index is 1040. The zero-order valence-electron chi connectivity index (χ0n) is 13.5. The van der Waals surface area contributed by atoms with Crippen LogP contribution in [0.5, 0.6) is 11.5 Å². The maximum atomic E-state index is 6.12. The van der Waals surface area contributed by atoms with Crippen LogP contribution in [0, 0.1) is 3.70 Å². The Kier molecular flexibility index (Phi) is 4.04. The number of benzene rings is 2. The van der Waals surface area contributed by atoms with Crippen LogP contribution in [0.4, 0.5) is 5.82 Å². The number of hydrogen-bond donors (Lipinski definition) is 1. The van der Waals surface area contributed by atoms with Gasteiger partial charge < -0.3 is 15.0 Å². The number of fused-ring (bicyclic) bond motifs is 1. The summed E-state index contributed by atoms with van der Waals surface area (Å²) in [5.74, 6) is 2.09. The van der Waals surface area contributed by atoms with Gasteiger partial charge in [-0.1, -0.05) is 30.3 Å². The highest BCUT2D eigenvalue weighted by molar-refractivity contribution is 14.1. The number of ether oxygens (including phenoxy) is 1. The SMILES string of the molecule is Cn1c(I)c(-c2ccc(Oc3ccccc3)cc2)c2c(N)ncnc21. The van der Waals surface area contributed by atoms with Crippen LogP contribution in [0.15, 0.2) is 60.9 Å². The Morgan fingerprint density at radius 1 is 0.960 bits per heavy atom. The second-order valence-electron chi connectivity index (χ2n) is 5.62. The van der Waals surface area contributed by atoms with Crippen LogP contribution in [0.2, 0.25) is 0 Å². The van der Waals surface area contributed by atoms with Gasteiger partial charge in [-0.05, 0) is 52.4 Å². The van der Waals surface area contributed by atoms with Gasteiger partial charge in [0.25, 0.3) is 0 Å². The van der Waals surface area contributed by atoms with Gasteiger partial charge in [-0.2, -0.15) is 0 Å². The average molecular weight is 442 g/mol. The number of aryl methyl sites for hydroxylation is 1. The summed E-state index contributed by atoms with van der Waals surface area (Å²) in [7, 11) is 1.98. The quantitative estimate of drug-likeness (QED) is 0.471. The van der Waals surface area contributed by atoms with Crippen LogP contribution in [0.25, 0.3) is 22.2 Å². The van der Waals surface area contributed by atoms with E-state index in [2.05, 4.69) is 32.6 Å². The van der Waals surface area contributed by atoms with Crippen molar-refractivity contribution in [2.45, 2.75) is 0 Å². The molecule has 2 N–H and O–H groups in total.